The van der Waals surface area contributed by atoms with Crippen LogP contribution in [0.25, 0.3) is 0 Å². The molecule has 0 spiro atoms. The zero-order valence-corrected chi connectivity index (χ0v) is 16.4. The Morgan fingerprint density at radius 1 is 1.33 bits per heavy atom. The van der Waals surface area contributed by atoms with Gasteiger partial charge in [0, 0.05) is 32.4 Å². The molecule has 2 aromatic rings. The fourth-order valence-electron chi connectivity index (χ4n) is 2.92. The molecule has 27 heavy (non-hydrogen) atoms. The van der Waals surface area contributed by atoms with E-state index in [0.717, 1.165) is 23.4 Å². The Labute approximate surface area is 158 Å². The van der Waals surface area contributed by atoms with E-state index in [0.29, 0.717) is 12.5 Å². The SMILES string of the molecule is CN=C(NCc1cccc(OC(F)F)c1)NC(C)Cc1c(C)nn(C)c1C. The van der Waals surface area contributed by atoms with Crippen molar-refractivity contribution in [2.75, 3.05) is 7.05 Å². The number of nitrogens with zero attached hydrogens (tertiary/aromatic N) is 3. The maximum absolute atomic E-state index is 12.3. The normalized spacial score (nSPS) is 13.0. The van der Waals surface area contributed by atoms with Gasteiger partial charge < -0.3 is 15.4 Å². The second-order valence-electron chi connectivity index (χ2n) is 6.47. The van der Waals surface area contributed by atoms with E-state index in [9.17, 15) is 8.78 Å². The van der Waals surface area contributed by atoms with Crippen LogP contribution in [-0.4, -0.2) is 35.4 Å². The van der Waals surface area contributed by atoms with E-state index < -0.39 is 6.61 Å². The Balaban J connectivity index is 1.92. The van der Waals surface area contributed by atoms with Gasteiger partial charge in [-0.2, -0.15) is 13.9 Å². The molecular formula is C19H27F2N5O. The van der Waals surface area contributed by atoms with Crippen LogP contribution in [0.5, 0.6) is 5.75 Å². The monoisotopic (exact) mass is 379 g/mol. The molecule has 1 unspecified atom stereocenters. The molecule has 2 rings (SSSR count). The summed E-state index contributed by atoms with van der Waals surface area (Å²) in [6.07, 6.45) is 0.823. The van der Waals surface area contributed by atoms with Gasteiger partial charge in [-0.25, -0.2) is 0 Å². The lowest BCUT2D eigenvalue weighted by Gasteiger charge is -2.18. The number of aliphatic imine (C=N–C) groups is 1. The first-order valence-corrected chi connectivity index (χ1v) is 8.80. The molecule has 0 aliphatic heterocycles. The first kappa shape index (κ1) is 20.7. The van der Waals surface area contributed by atoms with Gasteiger partial charge in [0.1, 0.15) is 5.75 Å². The Morgan fingerprint density at radius 2 is 2.07 bits per heavy atom. The van der Waals surface area contributed by atoms with Crippen LogP contribution in [0.3, 0.4) is 0 Å². The molecule has 1 heterocycles. The maximum Gasteiger partial charge on any atom is 0.387 e. The Bertz CT molecular complexity index is 788. The molecule has 2 N–H and O–H groups in total. The van der Waals surface area contributed by atoms with Crippen LogP contribution in [0.15, 0.2) is 29.3 Å². The highest BCUT2D eigenvalue weighted by Crippen LogP contribution is 2.16. The molecule has 0 aliphatic carbocycles. The molecule has 0 radical (unpaired) electrons. The number of aryl methyl sites for hydroxylation is 2. The standard InChI is InChI=1S/C19H27F2N5O/c1-12(9-17-13(2)25-26(5)14(17)3)24-19(22-4)23-11-15-7-6-8-16(10-15)27-18(20)21/h6-8,10,12,18H,9,11H2,1-5H3,(H2,22,23,24). The average Bonchev–Trinajstić information content (AvgIpc) is 2.84. The van der Waals surface area contributed by atoms with Gasteiger partial charge in [0.15, 0.2) is 5.96 Å². The van der Waals surface area contributed by atoms with Crippen molar-refractivity contribution in [3.8, 4) is 5.75 Å². The van der Waals surface area contributed by atoms with E-state index in [-0.39, 0.29) is 11.8 Å². The molecule has 0 aliphatic rings. The third kappa shape index (κ3) is 5.94. The van der Waals surface area contributed by atoms with Crippen molar-refractivity contribution >= 4 is 5.96 Å². The minimum Gasteiger partial charge on any atom is -0.435 e. The number of hydrogen-bond donors (Lipinski definition) is 2. The first-order valence-electron chi connectivity index (χ1n) is 8.80. The largest absolute Gasteiger partial charge is 0.435 e. The number of ether oxygens (including phenoxy) is 1. The highest BCUT2D eigenvalue weighted by Gasteiger charge is 2.14. The van der Waals surface area contributed by atoms with Crippen LogP contribution >= 0.6 is 0 Å². The molecule has 1 atom stereocenters. The zero-order chi connectivity index (χ0) is 20.0. The number of aromatic nitrogens is 2. The summed E-state index contributed by atoms with van der Waals surface area (Å²) >= 11 is 0. The quantitative estimate of drug-likeness (QED) is 0.574. The molecule has 0 bridgehead atoms. The van der Waals surface area contributed by atoms with Gasteiger partial charge in [0.2, 0.25) is 0 Å². The van der Waals surface area contributed by atoms with Crippen molar-refractivity contribution in [2.45, 2.75) is 46.4 Å². The summed E-state index contributed by atoms with van der Waals surface area (Å²) in [6, 6.07) is 6.75. The number of guanidine groups is 1. The smallest absolute Gasteiger partial charge is 0.387 e. The Kier molecular flexibility index (Phi) is 7.15. The van der Waals surface area contributed by atoms with E-state index >= 15 is 0 Å². The summed E-state index contributed by atoms with van der Waals surface area (Å²) in [7, 11) is 3.63. The number of benzene rings is 1. The Hall–Kier alpha value is -2.64. The molecule has 8 heteroatoms. The van der Waals surface area contributed by atoms with Gasteiger partial charge in [-0.1, -0.05) is 12.1 Å². The number of alkyl halides is 2. The van der Waals surface area contributed by atoms with Crippen LogP contribution in [-0.2, 0) is 20.0 Å². The second-order valence-corrected chi connectivity index (χ2v) is 6.47. The maximum atomic E-state index is 12.3. The van der Waals surface area contributed by atoms with E-state index in [4.69, 9.17) is 0 Å². The number of rotatable bonds is 7. The lowest BCUT2D eigenvalue weighted by Crippen LogP contribution is -2.42. The van der Waals surface area contributed by atoms with Crippen LogP contribution < -0.4 is 15.4 Å². The first-order chi connectivity index (χ1) is 12.8. The van der Waals surface area contributed by atoms with Crippen molar-refractivity contribution < 1.29 is 13.5 Å². The third-order valence-corrected chi connectivity index (χ3v) is 4.36. The molecule has 0 amide bonds. The molecule has 1 aromatic carbocycles. The predicted octanol–water partition coefficient (Wildman–Crippen LogP) is 2.93. The van der Waals surface area contributed by atoms with Gasteiger partial charge in [0.05, 0.1) is 5.69 Å². The van der Waals surface area contributed by atoms with Gasteiger partial charge in [-0.05, 0) is 50.5 Å². The molecule has 0 fully saturated rings. The van der Waals surface area contributed by atoms with Crippen molar-refractivity contribution in [3.63, 3.8) is 0 Å². The number of nitrogens with one attached hydrogen (secondary N) is 2. The highest BCUT2D eigenvalue weighted by molar-refractivity contribution is 5.79. The minimum absolute atomic E-state index is 0.142. The molecule has 1 aromatic heterocycles. The summed E-state index contributed by atoms with van der Waals surface area (Å²) < 4.78 is 31.0. The number of hydrogen-bond acceptors (Lipinski definition) is 3. The predicted molar refractivity (Wildman–Crippen MR) is 102 cm³/mol. The van der Waals surface area contributed by atoms with Crippen LogP contribution in [0, 0.1) is 13.8 Å². The molecule has 6 nitrogen and oxygen atoms in total. The minimum atomic E-state index is -2.83. The fraction of sp³-hybridized carbons (Fsp3) is 0.474. The topological polar surface area (TPSA) is 63.5 Å². The lowest BCUT2D eigenvalue weighted by molar-refractivity contribution is -0.0498. The molecule has 0 saturated carbocycles. The van der Waals surface area contributed by atoms with Gasteiger partial charge in [-0.3, -0.25) is 9.67 Å². The van der Waals surface area contributed by atoms with Crippen LogP contribution in [0.2, 0.25) is 0 Å². The van der Waals surface area contributed by atoms with Crippen molar-refractivity contribution in [1.29, 1.82) is 0 Å². The summed E-state index contributed by atoms with van der Waals surface area (Å²) in [5.41, 5.74) is 4.23. The van der Waals surface area contributed by atoms with Crippen molar-refractivity contribution in [3.05, 3.63) is 46.8 Å². The van der Waals surface area contributed by atoms with Crippen molar-refractivity contribution in [1.82, 2.24) is 20.4 Å². The fourth-order valence-corrected chi connectivity index (χ4v) is 2.92. The van der Waals surface area contributed by atoms with E-state index in [1.165, 1.54) is 11.6 Å². The van der Waals surface area contributed by atoms with E-state index in [1.807, 2.05) is 24.7 Å². The van der Waals surface area contributed by atoms with Gasteiger partial charge >= 0.3 is 6.61 Å². The molecular weight excluding hydrogens is 352 g/mol. The summed E-state index contributed by atoms with van der Waals surface area (Å²) in [4.78, 5) is 4.23. The highest BCUT2D eigenvalue weighted by atomic mass is 19.3. The molecule has 148 valence electrons. The van der Waals surface area contributed by atoms with Gasteiger partial charge in [0.25, 0.3) is 0 Å². The second kappa shape index (κ2) is 9.34. The van der Waals surface area contributed by atoms with Crippen LogP contribution in [0.1, 0.15) is 29.4 Å². The zero-order valence-electron chi connectivity index (χ0n) is 16.4. The average molecular weight is 379 g/mol. The summed E-state index contributed by atoms with van der Waals surface area (Å²) in [5.74, 6) is 0.782. The van der Waals surface area contributed by atoms with Crippen LogP contribution in [0.4, 0.5) is 8.78 Å². The van der Waals surface area contributed by atoms with Gasteiger partial charge in [-0.15, -0.1) is 0 Å². The Morgan fingerprint density at radius 3 is 2.67 bits per heavy atom. The summed E-state index contributed by atoms with van der Waals surface area (Å²) in [5, 5.41) is 11.0. The third-order valence-electron chi connectivity index (χ3n) is 4.36. The van der Waals surface area contributed by atoms with E-state index in [1.54, 1.807) is 19.2 Å². The summed E-state index contributed by atoms with van der Waals surface area (Å²) in [6.45, 7) is 3.76. The molecule has 0 saturated heterocycles. The lowest BCUT2D eigenvalue weighted by atomic mass is 10.1. The number of halogens is 2. The van der Waals surface area contributed by atoms with E-state index in [2.05, 4.69) is 39.3 Å². The van der Waals surface area contributed by atoms with Crippen molar-refractivity contribution in [2.24, 2.45) is 12.0 Å².